The van der Waals surface area contributed by atoms with E-state index in [2.05, 4.69) is 37.8 Å². The van der Waals surface area contributed by atoms with Crippen LogP contribution in [0, 0.1) is 0 Å². The van der Waals surface area contributed by atoms with Crippen LogP contribution in [0.3, 0.4) is 0 Å². The fourth-order valence-electron chi connectivity index (χ4n) is 1.28. The minimum absolute atomic E-state index is 0.0512. The van der Waals surface area contributed by atoms with E-state index >= 15 is 0 Å². The molecule has 1 aromatic heterocycles. The Bertz CT molecular complexity index is 339. The quantitative estimate of drug-likeness (QED) is 0.821. The molecular formula is C10H16BrN3OS. The van der Waals surface area contributed by atoms with Crippen LogP contribution in [0.2, 0.25) is 0 Å². The van der Waals surface area contributed by atoms with Crippen LogP contribution >= 0.6 is 27.5 Å². The highest BCUT2D eigenvalue weighted by Crippen LogP contribution is 2.13. The van der Waals surface area contributed by atoms with Gasteiger partial charge in [0.2, 0.25) is 0 Å². The summed E-state index contributed by atoms with van der Waals surface area (Å²) in [5.74, 6) is -0.0512. The minimum atomic E-state index is -0.0512. The van der Waals surface area contributed by atoms with Gasteiger partial charge in [0, 0.05) is 11.4 Å². The fourth-order valence-corrected chi connectivity index (χ4v) is 2.51. The SMILES string of the molecule is CCCc1nnsc1C(=O)NC(CC)CBr. The maximum absolute atomic E-state index is 11.9. The summed E-state index contributed by atoms with van der Waals surface area (Å²) in [7, 11) is 0. The molecule has 4 nitrogen and oxygen atoms in total. The molecule has 0 aliphatic heterocycles. The molecule has 0 spiro atoms. The molecule has 0 radical (unpaired) electrons. The standard InChI is InChI=1S/C10H16BrN3OS/c1-3-5-8-9(16-14-13-8)10(15)12-7(4-2)6-11/h7H,3-6H2,1-2H3,(H,12,15). The van der Waals surface area contributed by atoms with Crippen molar-refractivity contribution in [2.45, 2.75) is 39.2 Å². The lowest BCUT2D eigenvalue weighted by Crippen LogP contribution is -2.35. The van der Waals surface area contributed by atoms with Crippen LogP contribution in [-0.2, 0) is 6.42 Å². The number of rotatable bonds is 6. The number of carbonyl (C=O) groups is 1. The molecule has 16 heavy (non-hydrogen) atoms. The van der Waals surface area contributed by atoms with Crippen molar-refractivity contribution >= 4 is 33.4 Å². The van der Waals surface area contributed by atoms with Gasteiger partial charge in [0.15, 0.2) is 0 Å². The van der Waals surface area contributed by atoms with Crippen LogP contribution in [0.5, 0.6) is 0 Å². The van der Waals surface area contributed by atoms with E-state index in [0.717, 1.165) is 30.3 Å². The number of nitrogens with zero attached hydrogens (tertiary/aromatic N) is 2. The van der Waals surface area contributed by atoms with Crippen molar-refractivity contribution in [2.75, 3.05) is 5.33 Å². The molecule has 90 valence electrons. The molecule has 1 amide bonds. The van der Waals surface area contributed by atoms with E-state index in [9.17, 15) is 4.79 Å². The van der Waals surface area contributed by atoms with Crippen LogP contribution in [0.15, 0.2) is 0 Å². The molecular weight excluding hydrogens is 290 g/mol. The predicted octanol–water partition coefficient (Wildman–Crippen LogP) is 2.39. The number of hydrogen-bond donors (Lipinski definition) is 1. The second kappa shape index (κ2) is 6.96. The Labute approximate surface area is 108 Å². The van der Waals surface area contributed by atoms with Crippen molar-refractivity contribution in [3.05, 3.63) is 10.6 Å². The first-order valence-electron chi connectivity index (χ1n) is 5.40. The largest absolute Gasteiger partial charge is 0.348 e. The second-order valence-corrected chi connectivity index (χ2v) is 4.93. The molecule has 0 aromatic carbocycles. The molecule has 0 fully saturated rings. The first-order valence-corrected chi connectivity index (χ1v) is 7.30. The third-order valence-corrected chi connectivity index (χ3v) is 3.81. The molecule has 0 aliphatic carbocycles. The Hall–Kier alpha value is -0.490. The highest BCUT2D eigenvalue weighted by Gasteiger charge is 2.17. The number of amides is 1. The van der Waals surface area contributed by atoms with E-state index in [1.54, 1.807) is 0 Å². The average molecular weight is 306 g/mol. The Morgan fingerprint density at radius 2 is 2.31 bits per heavy atom. The summed E-state index contributed by atoms with van der Waals surface area (Å²) in [6.45, 7) is 4.11. The Kier molecular flexibility index (Phi) is 5.90. The lowest BCUT2D eigenvalue weighted by Gasteiger charge is -2.12. The van der Waals surface area contributed by atoms with Crippen LogP contribution in [-0.4, -0.2) is 26.9 Å². The van der Waals surface area contributed by atoms with Gasteiger partial charge in [0.1, 0.15) is 4.88 Å². The summed E-state index contributed by atoms with van der Waals surface area (Å²) in [4.78, 5) is 12.6. The lowest BCUT2D eigenvalue weighted by atomic mass is 10.2. The molecule has 0 saturated heterocycles. The first kappa shape index (κ1) is 13.6. The predicted molar refractivity (Wildman–Crippen MR) is 69.2 cm³/mol. The van der Waals surface area contributed by atoms with Crippen LogP contribution in [0.4, 0.5) is 0 Å². The molecule has 1 heterocycles. The number of alkyl halides is 1. The smallest absolute Gasteiger partial charge is 0.265 e. The van der Waals surface area contributed by atoms with Gasteiger partial charge in [-0.05, 0) is 24.4 Å². The van der Waals surface area contributed by atoms with Gasteiger partial charge in [-0.15, -0.1) is 5.10 Å². The maximum Gasteiger partial charge on any atom is 0.265 e. The average Bonchev–Trinajstić information content (AvgIpc) is 2.74. The van der Waals surface area contributed by atoms with Gasteiger partial charge >= 0.3 is 0 Å². The van der Waals surface area contributed by atoms with Crippen molar-refractivity contribution < 1.29 is 4.79 Å². The van der Waals surface area contributed by atoms with Crippen molar-refractivity contribution in [2.24, 2.45) is 0 Å². The molecule has 1 N–H and O–H groups in total. The number of hydrogen-bond acceptors (Lipinski definition) is 4. The van der Waals surface area contributed by atoms with Gasteiger partial charge in [-0.25, -0.2) is 0 Å². The van der Waals surface area contributed by atoms with E-state index < -0.39 is 0 Å². The molecule has 0 bridgehead atoms. The van der Waals surface area contributed by atoms with Crippen LogP contribution in [0.25, 0.3) is 0 Å². The van der Waals surface area contributed by atoms with Crippen LogP contribution in [0.1, 0.15) is 42.1 Å². The number of carbonyl (C=O) groups excluding carboxylic acids is 1. The molecule has 1 aromatic rings. The molecule has 1 unspecified atom stereocenters. The highest BCUT2D eigenvalue weighted by atomic mass is 79.9. The van der Waals surface area contributed by atoms with Gasteiger partial charge < -0.3 is 5.32 Å². The molecule has 1 atom stereocenters. The van der Waals surface area contributed by atoms with E-state index in [1.807, 2.05) is 6.92 Å². The fraction of sp³-hybridized carbons (Fsp3) is 0.700. The van der Waals surface area contributed by atoms with Crippen molar-refractivity contribution in [1.29, 1.82) is 0 Å². The first-order chi connectivity index (χ1) is 7.72. The number of nitrogens with one attached hydrogen (secondary N) is 1. The highest BCUT2D eigenvalue weighted by molar-refractivity contribution is 9.09. The molecule has 0 saturated carbocycles. The Balaban J connectivity index is 2.68. The topological polar surface area (TPSA) is 54.9 Å². The third-order valence-electron chi connectivity index (χ3n) is 2.26. The summed E-state index contributed by atoms with van der Waals surface area (Å²) in [6.07, 6.45) is 2.69. The third kappa shape index (κ3) is 3.52. The summed E-state index contributed by atoms with van der Waals surface area (Å²) >= 11 is 4.55. The van der Waals surface area contributed by atoms with Gasteiger partial charge in [0.25, 0.3) is 5.91 Å². The zero-order valence-corrected chi connectivity index (χ0v) is 11.9. The minimum Gasteiger partial charge on any atom is -0.348 e. The van der Waals surface area contributed by atoms with Gasteiger partial charge in [-0.1, -0.05) is 40.7 Å². The summed E-state index contributed by atoms with van der Waals surface area (Å²) in [5, 5.41) is 7.71. The van der Waals surface area contributed by atoms with Gasteiger partial charge in [0.05, 0.1) is 5.69 Å². The second-order valence-electron chi connectivity index (χ2n) is 3.53. The lowest BCUT2D eigenvalue weighted by molar-refractivity contribution is 0.0943. The van der Waals surface area contributed by atoms with Gasteiger partial charge in [-0.2, -0.15) is 0 Å². The summed E-state index contributed by atoms with van der Waals surface area (Å²) in [5.41, 5.74) is 0.814. The van der Waals surface area contributed by atoms with Crippen molar-refractivity contribution in [3.8, 4) is 0 Å². The normalized spacial score (nSPS) is 12.4. The zero-order chi connectivity index (χ0) is 12.0. The number of aryl methyl sites for hydroxylation is 1. The van der Waals surface area contributed by atoms with E-state index in [0.29, 0.717) is 4.88 Å². The van der Waals surface area contributed by atoms with E-state index in [4.69, 9.17) is 0 Å². The monoisotopic (exact) mass is 305 g/mol. The maximum atomic E-state index is 11.9. The van der Waals surface area contributed by atoms with Crippen LogP contribution < -0.4 is 5.32 Å². The Morgan fingerprint density at radius 3 is 2.88 bits per heavy atom. The van der Waals surface area contributed by atoms with E-state index in [1.165, 1.54) is 11.5 Å². The number of halogens is 1. The molecule has 6 heteroatoms. The molecule has 0 aliphatic rings. The van der Waals surface area contributed by atoms with Gasteiger partial charge in [-0.3, -0.25) is 4.79 Å². The van der Waals surface area contributed by atoms with Crippen molar-refractivity contribution in [3.63, 3.8) is 0 Å². The number of aromatic nitrogens is 2. The molecule has 1 rings (SSSR count). The van der Waals surface area contributed by atoms with E-state index in [-0.39, 0.29) is 11.9 Å². The zero-order valence-electron chi connectivity index (χ0n) is 9.49. The summed E-state index contributed by atoms with van der Waals surface area (Å²) < 4.78 is 3.84. The van der Waals surface area contributed by atoms with Crippen molar-refractivity contribution in [1.82, 2.24) is 14.9 Å². The summed E-state index contributed by atoms with van der Waals surface area (Å²) in [6, 6.07) is 0.170. The Morgan fingerprint density at radius 1 is 1.56 bits per heavy atom.